The molecule has 1 fully saturated rings. The van der Waals surface area contributed by atoms with Gasteiger partial charge < -0.3 is 9.73 Å². The molecular formula is C17H22N2O2S. The van der Waals surface area contributed by atoms with E-state index in [1.54, 1.807) is 11.3 Å². The minimum absolute atomic E-state index is 0.0786. The predicted molar refractivity (Wildman–Crippen MR) is 88.0 cm³/mol. The monoisotopic (exact) mass is 318 g/mol. The normalized spacial score (nSPS) is 16.8. The zero-order chi connectivity index (χ0) is 15.4. The number of hydrogen-bond donors (Lipinski definition) is 1. The van der Waals surface area contributed by atoms with Crippen LogP contribution in [0.5, 0.6) is 0 Å². The predicted octanol–water partition coefficient (Wildman–Crippen LogP) is 3.15. The molecule has 1 saturated heterocycles. The van der Waals surface area contributed by atoms with E-state index >= 15 is 0 Å². The summed E-state index contributed by atoms with van der Waals surface area (Å²) in [6.07, 6.45) is 2.90. The summed E-state index contributed by atoms with van der Waals surface area (Å²) in [6.45, 7) is 4.72. The Morgan fingerprint density at radius 3 is 2.82 bits per heavy atom. The lowest BCUT2D eigenvalue weighted by atomic mass is 10.2. The summed E-state index contributed by atoms with van der Waals surface area (Å²) >= 11 is 1.62. The highest BCUT2D eigenvalue weighted by Crippen LogP contribution is 2.26. The fourth-order valence-corrected chi connectivity index (χ4v) is 3.64. The average molecular weight is 318 g/mol. The number of nitrogens with zero attached hydrogens (tertiary/aromatic N) is 1. The van der Waals surface area contributed by atoms with E-state index in [4.69, 9.17) is 4.42 Å². The second-order valence-corrected chi connectivity index (χ2v) is 6.80. The van der Waals surface area contributed by atoms with Crippen LogP contribution in [-0.4, -0.2) is 30.4 Å². The van der Waals surface area contributed by atoms with E-state index in [-0.39, 0.29) is 11.9 Å². The van der Waals surface area contributed by atoms with Crippen LogP contribution in [0, 0.1) is 6.92 Å². The molecule has 0 bridgehead atoms. The van der Waals surface area contributed by atoms with E-state index in [0.717, 1.165) is 29.5 Å². The number of carbonyl (C=O) groups excluding carboxylic acids is 1. The molecule has 2 aromatic heterocycles. The molecule has 0 unspecified atom stereocenters. The molecule has 0 aromatic carbocycles. The van der Waals surface area contributed by atoms with Crippen LogP contribution < -0.4 is 5.32 Å². The number of thiophene rings is 1. The zero-order valence-electron chi connectivity index (χ0n) is 12.9. The minimum atomic E-state index is 0.0786. The number of carbonyl (C=O) groups is 1. The van der Waals surface area contributed by atoms with E-state index in [1.165, 1.54) is 12.8 Å². The molecule has 1 atom stereocenters. The lowest BCUT2D eigenvalue weighted by molar-refractivity contribution is -0.120. The Bertz CT molecular complexity index is 600. The lowest BCUT2D eigenvalue weighted by Crippen LogP contribution is -2.37. The first-order valence-electron chi connectivity index (χ1n) is 7.82. The summed E-state index contributed by atoms with van der Waals surface area (Å²) in [6, 6.07) is 8.14. The van der Waals surface area contributed by atoms with Crippen molar-refractivity contribution in [1.29, 1.82) is 0 Å². The standard InChI is InChI=1S/C17H22N2O2S/c1-13-6-7-16(21-13)15(19-8-2-3-9-19)12-18-17(20)11-14-5-4-10-22-14/h4-7,10,15H,2-3,8-9,11-12H2,1H3,(H,18,20)/t15-/m1/s1. The van der Waals surface area contributed by atoms with E-state index in [0.29, 0.717) is 13.0 Å². The molecular weight excluding hydrogens is 296 g/mol. The van der Waals surface area contributed by atoms with Crippen molar-refractivity contribution in [1.82, 2.24) is 10.2 Å². The number of hydrogen-bond acceptors (Lipinski definition) is 4. The maximum atomic E-state index is 12.1. The molecule has 0 spiro atoms. The van der Waals surface area contributed by atoms with Gasteiger partial charge in [0.25, 0.3) is 0 Å². The fraction of sp³-hybridized carbons (Fsp3) is 0.471. The van der Waals surface area contributed by atoms with Crippen molar-refractivity contribution in [2.45, 2.75) is 32.2 Å². The summed E-state index contributed by atoms with van der Waals surface area (Å²) in [7, 11) is 0. The number of nitrogens with one attached hydrogen (secondary N) is 1. The van der Waals surface area contributed by atoms with Gasteiger partial charge in [-0.05, 0) is 56.4 Å². The second kappa shape index (κ2) is 7.11. The zero-order valence-corrected chi connectivity index (χ0v) is 13.7. The van der Waals surface area contributed by atoms with Crippen molar-refractivity contribution in [2.75, 3.05) is 19.6 Å². The highest BCUT2D eigenvalue weighted by molar-refractivity contribution is 7.10. The van der Waals surface area contributed by atoms with Gasteiger partial charge in [-0.1, -0.05) is 6.07 Å². The van der Waals surface area contributed by atoms with Crippen molar-refractivity contribution in [2.24, 2.45) is 0 Å². The van der Waals surface area contributed by atoms with Gasteiger partial charge in [0.1, 0.15) is 11.5 Å². The van der Waals surface area contributed by atoms with Gasteiger partial charge in [-0.2, -0.15) is 0 Å². The number of rotatable bonds is 6. The summed E-state index contributed by atoms with van der Waals surface area (Å²) < 4.78 is 5.81. The average Bonchev–Trinajstić information content (AvgIpc) is 3.22. The number of likely N-dealkylation sites (tertiary alicyclic amines) is 1. The van der Waals surface area contributed by atoms with Crippen LogP contribution in [0.4, 0.5) is 0 Å². The summed E-state index contributed by atoms with van der Waals surface area (Å²) in [5.41, 5.74) is 0. The van der Waals surface area contributed by atoms with Crippen LogP contribution in [0.15, 0.2) is 34.1 Å². The minimum Gasteiger partial charge on any atom is -0.465 e. The molecule has 118 valence electrons. The molecule has 5 heteroatoms. The van der Waals surface area contributed by atoms with Crippen LogP contribution in [0.1, 0.15) is 35.3 Å². The van der Waals surface area contributed by atoms with Gasteiger partial charge in [-0.3, -0.25) is 9.69 Å². The molecule has 3 rings (SSSR count). The number of amides is 1. The van der Waals surface area contributed by atoms with Crippen LogP contribution in [0.3, 0.4) is 0 Å². The van der Waals surface area contributed by atoms with Crippen molar-refractivity contribution in [3.05, 3.63) is 46.0 Å². The van der Waals surface area contributed by atoms with Crippen LogP contribution in [-0.2, 0) is 11.2 Å². The van der Waals surface area contributed by atoms with Crippen LogP contribution in [0.25, 0.3) is 0 Å². The van der Waals surface area contributed by atoms with Gasteiger partial charge in [0.15, 0.2) is 0 Å². The van der Waals surface area contributed by atoms with Gasteiger partial charge in [0, 0.05) is 11.4 Å². The molecule has 2 aromatic rings. The molecule has 0 aliphatic carbocycles. The maximum Gasteiger partial charge on any atom is 0.225 e. The van der Waals surface area contributed by atoms with Gasteiger partial charge in [-0.25, -0.2) is 0 Å². The Hall–Kier alpha value is -1.59. The first kappa shape index (κ1) is 15.3. The fourth-order valence-electron chi connectivity index (χ4n) is 2.94. The Morgan fingerprint density at radius 1 is 1.36 bits per heavy atom. The molecule has 1 aliphatic rings. The Morgan fingerprint density at radius 2 is 2.18 bits per heavy atom. The first-order valence-corrected chi connectivity index (χ1v) is 8.70. The van der Waals surface area contributed by atoms with E-state index < -0.39 is 0 Å². The second-order valence-electron chi connectivity index (χ2n) is 5.77. The molecule has 1 aliphatic heterocycles. The summed E-state index contributed by atoms with van der Waals surface area (Å²) in [5, 5.41) is 5.07. The summed E-state index contributed by atoms with van der Waals surface area (Å²) in [4.78, 5) is 15.6. The molecule has 22 heavy (non-hydrogen) atoms. The highest BCUT2D eigenvalue weighted by Gasteiger charge is 2.26. The highest BCUT2D eigenvalue weighted by atomic mass is 32.1. The quantitative estimate of drug-likeness (QED) is 0.890. The smallest absolute Gasteiger partial charge is 0.225 e. The van der Waals surface area contributed by atoms with Crippen molar-refractivity contribution in [3.8, 4) is 0 Å². The Balaban J connectivity index is 1.61. The van der Waals surface area contributed by atoms with Crippen LogP contribution in [0.2, 0.25) is 0 Å². The third-order valence-electron chi connectivity index (χ3n) is 4.08. The van der Waals surface area contributed by atoms with Crippen LogP contribution >= 0.6 is 11.3 Å². The Kier molecular flexibility index (Phi) is 4.95. The van der Waals surface area contributed by atoms with E-state index in [9.17, 15) is 4.79 Å². The first-order chi connectivity index (χ1) is 10.7. The van der Waals surface area contributed by atoms with Gasteiger partial charge in [0.05, 0.1) is 12.5 Å². The molecule has 0 radical (unpaired) electrons. The molecule has 1 N–H and O–H groups in total. The molecule has 4 nitrogen and oxygen atoms in total. The van der Waals surface area contributed by atoms with Crippen molar-refractivity contribution in [3.63, 3.8) is 0 Å². The van der Waals surface area contributed by atoms with Gasteiger partial charge in [-0.15, -0.1) is 11.3 Å². The topological polar surface area (TPSA) is 45.5 Å². The summed E-state index contributed by atoms with van der Waals surface area (Å²) in [5.74, 6) is 1.95. The third-order valence-corrected chi connectivity index (χ3v) is 4.95. The number of aryl methyl sites for hydroxylation is 1. The van der Waals surface area contributed by atoms with Crippen molar-refractivity contribution < 1.29 is 9.21 Å². The number of furan rings is 1. The maximum absolute atomic E-state index is 12.1. The van der Waals surface area contributed by atoms with Crippen molar-refractivity contribution >= 4 is 17.2 Å². The lowest BCUT2D eigenvalue weighted by Gasteiger charge is -2.26. The van der Waals surface area contributed by atoms with Gasteiger partial charge >= 0.3 is 0 Å². The molecule has 0 saturated carbocycles. The Labute approximate surface area is 135 Å². The molecule has 1 amide bonds. The van der Waals surface area contributed by atoms with E-state index in [1.807, 2.05) is 36.6 Å². The molecule has 3 heterocycles. The largest absolute Gasteiger partial charge is 0.465 e. The van der Waals surface area contributed by atoms with E-state index in [2.05, 4.69) is 10.2 Å². The third kappa shape index (κ3) is 3.78. The SMILES string of the molecule is Cc1ccc([C@@H](CNC(=O)Cc2cccs2)N2CCCC2)o1. The van der Waals surface area contributed by atoms with Gasteiger partial charge in [0.2, 0.25) is 5.91 Å².